The maximum absolute atomic E-state index is 13.4. The number of aromatic nitrogens is 1. The van der Waals surface area contributed by atoms with Gasteiger partial charge in [-0.05, 0) is 53.2 Å². The first-order valence-electron chi connectivity index (χ1n) is 13.1. The smallest absolute Gasteiger partial charge is 0.407 e. The molecule has 2 atom stereocenters. The van der Waals surface area contributed by atoms with Gasteiger partial charge in [-0.1, -0.05) is 78.9 Å². The summed E-state index contributed by atoms with van der Waals surface area (Å²) in [5, 5.41) is 14.9. The van der Waals surface area contributed by atoms with Crippen LogP contribution in [0.2, 0.25) is 0 Å². The minimum absolute atomic E-state index is 0.0741. The first kappa shape index (κ1) is 28.0. The van der Waals surface area contributed by atoms with Gasteiger partial charge in [0.1, 0.15) is 23.2 Å². The quantitative estimate of drug-likeness (QED) is 0.226. The van der Waals surface area contributed by atoms with Gasteiger partial charge in [0, 0.05) is 5.92 Å². The van der Waals surface area contributed by atoms with Crippen molar-refractivity contribution in [3.8, 4) is 11.1 Å². The normalized spacial score (nSPS) is 13.5. The van der Waals surface area contributed by atoms with Crippen molar-refractivity contribution in [2.24, 2.45) is 0 Å². The number of alkyl carbamates (subject to hydrolysis) is 1. The number of aryl methyl sites for hydroxylation is 1. The van der Waals surface area contributed by atoms with Crippen LogP contribution in [0.1, 0.15) is 45.6 Å². The number of anilines is 1. The average Bonchev–Trinajstić information content (AvgIpc) is 3.51. The van der Waals surface area contributed by atoms with Crippen molar-refractivity contribution < 1.29 is 29.0 Å². The summed E-state index contributed by atoms with van der Waals surface area (Å²) < 4.78 is 15.6. The summed E-state index contributed by atoms with van der Waals surface area (Å²) in [4.78, 5) is 38.2. The van der Waals surface area contributed by atoms with Crippen molar-refractivity contribution in [2.75, 3.05) is 11.9 Å². The molecule has 0 saturated heterocycles. The number of fused-ring (bicyclic) bond motifs is 3. The lowest BCUT2D eigenvalue weighted by molar-refractivity contribution is -0.121. The van der Waals surface area contributed by atoms with E-state index in [4.69, 9.17) is 9.47 Å². The van der Waals surface area contributed by atoms with Crippen LogP contribution in [0.3, 0.4) is 0 Å². The Labute approximate surface area is 241 Å². The van der Waals surface area contributed by atoms with Crippen molar-refractivity contribution in [1.29, 1.82) is 0 Å². The molecule has 9 nitrogen and oxygen atoms in total. The minimum Gasteiger partial charge on any atom is -0.478 e. The third-order valence-electron chi connectivity index (χ3n) is 7.04. The van der Waals surface area contributed by atoms with Crippen LogP contribution in [0.15, 0.2) is 78.9 Å². The van der Waals surface area contributed by atoms with E-state index < -0.39 is 30.1 Å². The molecule has 210 valence electrons. The lowest BCUT2D eigenvalue weighted by atomic mass is 9.98. The zero-order valence-electron chi connectivity index (χ0n) is 22.5. The molecular formula is C31H29N3O6S. The second kappa shape index (κ2) is 12.3. The standard InChI is InChI=1S/C31H29N3O6S/c1-18-26(30(36)37)29(41-34-18)33-28(35)27(19(2)39-16-20-10-4-3-5-11-20)32-31(38)40-17-25-23-14-8-6-12-21(23)22-13-7-9-15-24(22)25/h3-15,19,25,27H,16-17H2,1-2H3,(H,32,38)(H,33,35)(H,36,37). The number of carboxylic acid groups (broad SMARTS) is 1. The van der Waals surface area contributed by atoms with E-state index in [-0.39, 0.29) is 35.4 Å². The predicted octanol–water partition coefficient (Wildman–Crippen LogP) is 5.60. The van der Waals surface area contributed by atoms with Gasteiger partial charge in [0.25, 0.3) is 0 Å². The largest absolute Gasteiger partial charge is 0.478 e. The summed E-state index contributed by atoms with van der Waals surface area (Å²) in [5.41, 5.74) is 5.42. The molecule has 0 spiro atoms. The fraction of sp³-hybridized carbons (Fsp3) is 0.226. The van der Waals surface area contributed by atoms with Crippen LogP contribution in [-0.4, -0.2) is 46.2 Å². The number of hydrogen-bond donors (Lipinski definition) is 3. The molecule has 3 aromatic carbocycles. The molecule has 5 rings (SSSR count). The zero-order valence-corrected chi connectivity index (χ0v) is 23.3. The molecular weight excluding hydrogens is 542 g/mol. The Morgan fingerprint density at radius 2 is 1.56 bits per heavy atom. The number of amides is 2. The highest BCUT2D eigenvalue weighted by molar-refractivity contribution is 7.11. The van der Waals surface area contributed by atoms with Gasteiger partial charge in [-0.3, -0.25) is 4.79 Å². The molecule has 2 amide bonds. The molecule has 1 heterocycles. The van der Waals surface area contributed by atoms with E-state index in [1.54, 1.807) is 13.8 Å². The van der Waals surface area contributed by atoms with Crippen molar-refractivity contribution in [2.45, 2.75) is 38.5 Å². The van der Waals surface area contributed by atoms with E-state index in [1.165, 1.54) is 0 Å². The van der Waals surface area contributed by atoms with Crippen LogP contribution < -0.4 is 10.6 Å². The zero-order chi connectivity index (χ0) is 28.9. The Morgan fingerprint density at radius 1 is 0.951 bits per heavy atom. The number of aromatic carboxylic acids is 1. The minimum atomic E-state index is -1.21. The van der Waals surface area contributed by atoms with Gasteiger partial charge in [-0.25, -0.2) is 9.59 Å². The highest BCUT2D eigenvalue weighted by Gasteiger charge is 2.32. The number of rotatable bonds is 10. The highest BCUT2D eigenvalue weighted by Crippen LogP contribution is 2.44. The molecule has 1 aromatic heterocycles. The van der Waals surface area contributed by atoms with Crippen molar-refractivity contribution in [3.63, 3.8) is 0 Å². The highest BCUT2D eigenvalue weighted by atomic mass is 32.1. The van der Waals surface area contributed by atoms with E-state index in [0.717, 1.165) is 39.3 Å². The summed E-state index contributed by atoms with van der Waals surface area (Å²) in [5.74, 6) is -2.00. The van der Waals surface area contributed by atoms with Crippen LogP contribution in [0.4, 0.5) is 9.80 Å². The lowest BCUT2D eigenvalue weighted by Gasteiger charge is -2.25. The molecule has 0 fully saturated rings. The van der Waals surface area contributed by atoms with Gasteiger partial charge >= 0.3 is 12.1 Å². The summed E-state index contributed by atoms with van der Waals surface area (Å²) in [7, 11) is 0. The van der Waals surface area contributed by atoms with E-state index in [1.807, 2.05) is 78.9 Å². The van der Waals surface area contributed by atoms with Crippen molar-refractivity contribution in [1.82, 2.24) is 9.69 Å². The second-order valence-corrected chi connectivity index (χ2v) is 10.5. The Kier molecular flexibility index (Phi) is 8.42. The number of hydrogen-bond acceptors (Lipinski definition) is 7. The van der Waals surface area contributed by atoms with Crippen LogP contribution >= 0.6 is 11.5 Å². The van der Waals surface area contributed by atoms with Gasteiger partial charge < -0.3 is 25.2 Å². The number of carboxylic acids is 1. The molecule has 41 heavy (non-hydrogen) atoms. The Balaban J connectivity index is 1.31. The molecule has 0 radical (unpaired) electrons. The summed E-state index contributed by atoms with van der Waals surface area (Å²) >= 11 is 0.858. The summed E-state index contributed by atoms with van der Waals surface area (Å²) in [6.07, 6.45) is -1.57. The second-order valence-electron chi connectivity index (χ2n) is 9.72. The van der Waals surface area contributed by atoms with Gasteiger partial charge in [0.15, 0.2) is 0 Å². The van der Waals surface area contributed by atoms with Crippen LogP contribution in [0.25, 0.3) is 11.1 Å². The Morgan fingerprint density at radius 3 is 2.20 bits per heavy atom. The van der Waals surface area contributed by atoms with E-state index in [9.17, 15) is 19.5 Å². The van der Waals surface area contributed by atoms with Crippen molar-refractivity contribution >= 4 is 34.5 Å². The molecule has 10 heteroatoms. The first-order chi connectivity index (χ1) is 19.8. The lowest BCUT2D eigenvalue weighted by Crippen LogP contribution is -2.51. The number of benzene rings is 3. The summed E-state index contributed by atoms with van der Waals surface area (Å²) in [6.45, 7) is 3.49. The SMILES string of the molecule is Cc1nsc(NC(=O)C(NC(=O)OCC2c3ccccc3-c3ccccc32)C(C)OCc2ccccc2)c1C(=O)O. The Hall–Kier alpha value is -4.54. The van der Waals surface area contributed by atoms with Gasteiger partial charge in [-0.2, -0.15) is 4.37 Å². The topological polar surface area (TPSA) is 127 Å². The maximum atomic E-state index is 13.4. The third-order valence-corrected chi connectivity index (χ3v) is 7.89. The molecule has 4 aromatic rings. The first-order valence-corrected chi connectivity index (χ1v) is 13.9. The molecule has 3 N–H and O–H groups in total. The fourth-order valence-corrected chi connectivity index (χ4v) is 5.75. The molecule has 0 aliphatic heterocycles. The number of nitrogens with one attached hydrogen (secondary N) is 2. The number of carbonyl (C=O) groups excluding carboxylic acids is 2. The fourth-order valence-electron chi connectivity index (χ4n) is 4.96. The van der Waals surface area contributed by atoms with Crippen molar-refractivity contribution in [3.05, 3.63) is 107 Å². The number of ether oxygens (including phenoxy) is 2. The van der Waals surface area contributed by atoms with E-state index >= 15 is 0 Å². The molecule has 1 aliphatic carbocycles. The number of carbonyl (C=O) groups is 3. The third kappa shape index (κ3) is 6.13. The Bertz CT molecular complexity index is 1530. The molecule has 2 unspecified atom stereocenters. The predicted molar refractivity (Wildman–Crippen MR) is 155 cm³/mol. The van der Waals surface area contributed by atoms with Crippen LogP contribution in [-0.2, 0) is 20.9 Å². The van der Waals surface area contributed by atoms with Crippen LogP contribution in [0, 0.1) is 6.92 Å². The van der Waals surface area contributed by atoms with Gasteiger partial charge in [0.05, 0.1) is 18.4 Å². The molecule has 0 bridgehead atoms. The van der Waals surface area contributed by atoms with Gasteiger partial charge in [-0.15, -0.1) is 0 Å². The van der Waals surface area contributed by atoms with E-state index in [0.29, 0.717) is 0 Å². The van der Waals surface area contributed by atoms with E-state index in [2.05, 4.69) is 15.0 Å². The maximum Gasteiger partial charge on any atom is 0.407 e. The molecule has 1 aliphatic rings. The van der Waals surface area contributed by atoms with Gasteiger partial charge in [0.2, 0.25) is 5.91 Å². The summed E-state index contributed by atoms with van der Waals surface area (Å²) in [6, 6.07) is 24.2. The van der Waals surface area contributed by atoms with Crippen LogP contribution in [0.5, 0.6) is 0 Å². The molecule has 0 saturated carbocycles. The number of nitrogens with zero attached hydrogens (tertiary/aromatic N) is 1. The average molecular weight is 572 g/mol. The monoisotopic (exact) mass is 571 g/mol.